The highest BCUT2D eigenvalue weighted by Gasteiger charge is 2.27. The molecule has 0 aliphatic rings. The zero-order valence-electron chi connectivity index (χ0n) is 17.2. The summed E-state index contributed by atoms with van der Waals surface area (Å²) in [5.74, 6) is 0.351. The first kappa shape index (κ1) is 23.7. The topological polar surface area (TPSA) is 84.9 Å². The van der Waals surface area contributed by atoms with Crippen molar-refractivity contribution in [3.63, 3.8) is 0 Å². The highest BCUT2D eigenvalue weighted by atomic mass is 35.5. The third-order valence-corrected chi connectivity index (χ3v) is 6.76. The largest absolute Gasteiger partial charge is 0.497 e. The maximum Gasteiger partial charge on any atom is 0.264 e. The SMILES string of the molecule is COc1ccc(N(CC(=O)Nc2cc(Cl)ccc2OC)S(=O)(=O)c2ccc(Cl)cc2)cc1. The van der Waals surface area contributed by atoms with Crippen LogP contribution in [0.4, 0.5) is 11.4 Å². The van der Waals surface area contributed by atoms with Gasteiger partial charge < -0.3 is 14.8 Å². The van der Waals surface area contributed by atoms with E-state index in [4.69, 9.17) is 32.7 Å². The second-order valence-electron chi connectivity index (χ2n) is 6.56. The van der Waals surface area contributed by atoms with Crippen molar-refractivity contribution in [2.24, 2.45) is 0 Å². The molecular formula is C22H20Cl2N2O5S. The third-order valence-electron chi connectivity index (χ3n) is 4.48. The lowest BCUT2D eigenvalue weighted by Crippen LogP contribution is -2.38. The van der Waals surface area contributed by atoms with Gasteiger partial charge in [0.05, 0.1) is 30.5 Å². The Balaban J connectivity index is 1.96. The van der Waals surface area contributed by atoms with Gasteiger partial charge in [0.25, 0.3) is 10.0 Å². The lowest BCUT2D eigenvalue weighted by atomic mass is 10.3. The molecule has 3 aromatic carbocycles. The van der Waals surface area contributed by atoms with E-state index in [-0.39, 0.29) is 10.6 Å². The molecule has 0 aliphatic heterocycles. The molecule has 3 aromatic rings. The Morgan fingerprint density at radius 2 is 1.53 bits per heavy atom. The van der Waals surface area contributed by atoms with E-state index in [9.17, 15) is 13.2 Å². The van der Waals surface area contributed by atoms with E-state index in [0.29, 0.717) is 27.2 Å². The highest BCUT2D eigenvalue weighted by Crippen LogP contribution is 2.29. The van der Waals surface area contributed by atoms with Gasteiger partial charge >= 0.3 is 0 Å². The number of benzene rings is 3. The Kier molecular flexibility index (Phi) is 7.50. The van der Waals surface area contributed by atoms with Gasteiger partial charge in [-0.2, -0.15) is 0 Å². The molecule has 0 saturated heterocycles. The van der Waals surface area contributed by atoms with Gasteiger partial charge in [-0.15, -0.1) is 0 Å². The van der Waals surface area contributed by atoms with Crippen LogP contribution >= 0.6 is 23.2 Å². The van der Waals surface area contributed by atoms with E-state index in [1.165, 1.54) is 44.6 Å². The molecule has 0 spiro atoms. The predicted molar refractivity (Wildman–Crippen MR) is 126 cm³/mol. The number of ether oxygens (including phenoxy) is 2. The second kappa shape index (κ2) is 10.1. The Morgan fingerprint density at radius 3 is 2.12 bits per heavy atom. The number of carbonyl (C=O) groups is 1. The number of rotatable bonds is 8. The van der Waals surface area contributed by atoms with E-state index in [1.807, 2.05) is 0 Å². The summed E-state index contributed by atoms with van der Waals surface area (Å²) in [6, 6.07) is 16.8. The maximum atomic E-state index is 13.4. The summed E-state index contributed by atoms with van der Waals surface area (Å²) in [4.78, 5) is 12.9. The Hall–Kier alpha value is -2.94. The molecule has 0 unspecified atom stereocenters. The minimum Gasteiger partial charge on any atom is -0.497 e. The van der Waals surface area contributed by atoms with Crippen LogP contribution in [-0.4, -0.2) is 35.1 Å². The van der Waals surface area contributed by atoms with Crippen LogP contribution in [-0.2, 0) is 14.8 Å². The predicted octanol–water partition coefficient (Wildman–Crippen LogP) is 4.84. The molecule has 0 atom stereocenters. The number of nitrogens with zero attached hydrogens (tertiary/aromatic N) is 1. The van der Waals surface area contributed by atoms with E-state index in [2.05, 4.69) is 5.32 Å². The number of amides is 1. The molecule has 0 saturated carbocycles. The van der Waals surface area contributed by atoms with E-state index >= 15 is 0 Å². The number of halogens is 2. The maximum absolute atomic E-state index is 13.4. The van der Waals surface area contributed by atoms with E-state index in [1.54, 1.807) is 36.4 Å². The summed E-state index contributed by atoms with van der Waals surface area (Å²) in [5.41, 5.74) is 0.609. The molecule has 1 N–H and O–H groups in total. The van der Waals surface area contributed by atoms with E-state index in [0.717, 1.165) is 4.31 Å². The van der Waals surface area contributed by atoms with Gasteiger partial charge in [-0.25, -0.2) is 8.42 Å². The van der Waals surface area contributed by atoms with Crippen molar-refractivity contribution in [1.29, 1.82) is 0 Å². The molecule has 0 radical (unpaired) electrons. The van der Waals surface area contributed by atoms with Crippen LogP contribution in [0.5, 0.6) is 11.5 Å². The molecule has 0 aliphatic carbocycles. The molecule has 0 bridgehead atoms. The highest BCUT2D eigenvalue weighted by molar-refractivity contribution is 7.92. The van der Waals surface area contributed by atoms with Crippen LogP contribution in [0.3, 0.4) is 0 Å². The lowest BCUT2D eigenvalue weighted by Gasteiger charge is -2.24. The second-order valence-corrected chi connectivity index (χ2v) is 9.29. The van der Waals surface area contributed by atoms with Gasteiger partial charge in [0.2, 0.25) is 5.91 Å². The molecule has 0 fully saturated rings. The summed E-state index contributed by atoms with van der Waals surface area (Å²) >= 11 is 11.9. The summed E-state index contributed by atoms with van der Waals surface area (Å²) in [7, 11) is -1.13. The molecule has 168 valence electrons. The van der Waals surface area contributed by atoms with Crippen molar-refractivity contribution in [1.82, 2.24) is 0 Å². The van der Waals surface area contributed by atoms with Crippen molar-refractivity contribution in [3.05, 3.63) is 76.8 Å². The number of nitrogens with one attached hydrogen (secondary N) is 1. The number of hydrogen-bond donors (Lipinski definition) is 1. The summed E-state index contributed by atoms with van der Waals surface area (Å²) < 4.78 is 38.2. The number of hydrogen-bond acceptors (Lipinski definition) is 5. The van der Waals surface area contributed by atoms with Gasteiger partial charge in [0.15, 0.2) is 0 Å². The zero-order valence-corrected chi connectivity index (χ0v) is 19.5. The normalized spacial score (nSPS) is 11.0. The standard InChI is InChI=1S/C22H20Cl2N2O5S/c1-30-18-8-6-17(7-9-18)26(32(28,29)19-10-3-15(23)4-11-19)14-22(27)25-20-13-16(24)5-12-21(20)31-2/h3-13H,14H2,1-2H3,(H,25,27). The molecule has 0 aromatic heterocycles. The van der Waals surface area contributed by atoms with Gasteiger partial charge in [-0.05, 0) is 66.7 Å². The average Bonchev–Trinajstić information content (AvgIpc) is 2.78. The minimum atomic E-state index is -4.09. The van der Waals surface area contributed by atoms with Gasteiger partial charge in [-0.1, -0.05) is 23.2 Å². The first-order chi connectivity index (χ1) is 15.2. The van der Waals surface area contributed by atoms with Crippen LogP contribution in [0.2, 0.25) is 10.0 Å². The monoisotopic (exact) mass is 494 g/mol. The number of methoxy groups -OCH3 is 2. The quantitative estimate of drug-likeness (QED) is 0.483. The number of anilines is 2. The molecule has 0 heterocycles. The molecule has 7 nitrogen and oxygen atoms in total. The fourth-order valence-electron chi connectivity index (χ4n) is 2.90. The summed E-state index contributed by atoms with van der Waals surface area (Å²) in [5, 5.41) is 3.44. The van der Waals surface area contributed by atoms with Crippen molar-refractivity contribution < 1.29 is 22.7 Å². The average molecular weight is 495 g/mol. The van der Waals surface area contributed by atoms with Gasteiger partial charge in [0, 0.05) is 10.0 Å². The smallest absolute Gasteiger partial charge is 0.264 e. The van der Waals surface area contributed by atoms with Crippen LogP contribution in [0.15, 0.2) is 71.6 Å². The summed E-state index contributed by atoms with van der Waals surface area (Å²) in [6.45, 7) is -0.493. The molecular weight excluding hydrogens is 475 g/mol. The van der Waals surface area contributed by atoms with Crippen LogP contribution in [0.1, 0.15) is 0 Å². The Labute approximate surface area is 196 Å². The van der Waals surface area contributed by atoms with E-state index < -0.39 is 22.5 Å². The Bertz CT molecular complexity index is 1200. The summed E-state index contributed by atoms with van der Waals surface area (Å²) in [6.07, 6.45) is 0. The van der Waals surface area contributed by atoms with Crippen molar-refractivity contribution in [3.8, 4) is 11.5 Å². The fourth-order valence-corrected chi connectivity index (χ4v) is 4.61. The van der Waals surface area contributed by atoms with Crippen molar-refractivity contribution in [2.75, 3.05) is 30.4 Å². The van der Waals surface area contributed by atoms with Crippen LogP contribution < -0.4 is 19.1 Å². The van der Waals surface area contributed by atoms with Gasteiger partial charge in [0.1, 0.15) is 18.0 Å². The van der Waals surface area contributed by atoms with Gasteiger partial charge in [-0.3, -0.25) is 9.10 Å². The Morgan fingerprint density at radius 1 is 0.906 bits per heavy atom. The lowest BCUT2D eigenvalue weighted by molar-refractivity contribution is -0.114. The molecule has 1 amide bonds. The molecule has 32 heavy (non-hydrogen) atoms. The zero-order chi connectivity index (χ0) is 23.3. The molecule has 10 heteroatoms. The third kappa shape index (κ3) is 5.45. The number of carbonyl (C=O) groups excluding carboxylic acids is 1. The molecule has 3 rings (SSSR count). The number of sulfonamides is 1. The van der Waals surface area contributed by atoms with Crippen LogP contribution in [0.25, 0.3) is 0 Å². The fraction of sp³-hybridized carbons (Fsp3) is 0.136. The first-order valence-electron chi connectivity index (χ1n) is 9.30. The van der Waals surface area contributed by atoms with Crippen LogP contribution in [0, 0.1) is 0 Å². The van der Waals surface area contributed by atoms with Crippen molar-refractivity contribution >= 4 is 50.5 Å². The first-order valence-corrected chi connectivity index (χ1v) is 11.5. The van der Waals surface area contributed by atoms with Crippen molar-refractivity contribution in [2.45, 2.75) is 4.90 Å². The minimum absolute atomic E-state index is 0.00847.